The molecule has 1 aromatic rings. The third kappa shape index (κ3) is 2.40. The summed E-state index contributed by atoms with van der Waals surface area (Å²) in [5, 5.41) is 2.84. The molecule has 0 fully saturated rings. The quantitative estimate of drug-likeness (QED) is 0.794. The van der Waals surface area contributed by atoms with Gasteiger partial charge in [-0.1, -0.05) is 0 Å². The molecule has 1 amide bonds. The number of nitrogens with zero attached hydrogens (tertiary/aromatic N) is 1. The summed E-state index contributed by atoms with van der Waals surface area (Å²) in [5.74, 6) is -0.348. The van der Waals surface area contributed by atoms with Crippen LogP contribution in [0.5, 0.6) is 5.75 Å². The van der Waals surface area contributed by atoms with E-state index in [0.29, 0.717) is 17.1 Å². The zero-order valence-corrected chi connectivity index (χ0v) is 11.5. The number of anilines is 2. The van der Waals surface area contributed by atoms with Crippen LogP contribution in [0.3, 0.4) is 0 Å². The molecular weight excluding hydrogens is 258 g/mol. The smallest absolute Gasteiger partial charge is 0.271 e. The largest absolute Gasteiger partial charge is 0.494 e. The third-order valence-corrected chi connectivity index (χ3v) is 3.06. The Labute approximate surface area is 116 Å². The van der Waals surface area contributed by atoms with Crippen molar-refractivity contribution < 1.29 is 14.3 Å². The predicted octanol–water partition coefficient (Wildman–Crippen LogP) is 1.37. The van der Waals surface area contributed by atoms with Crippen LogP contribution in [0.25, 0.3) is 0 Å². The Bertz CT molecular complexity index is 660. The number of carbonyl (C=O) groups is 2. The number of nitrogen functional groups attached to an aromatic ring is 1. The number of methoxy groups -OCH3 is 1. The number of amides is 1. The van der Waals surface area contributed by atoms with E-state index in [1.165, 1.54) is 13.2 Å². The second kappa shape index (κ2) is 5.16. The number of nitrogens with one attached hydrogen (secondary N) is 1. The molecule has 20 heavy (non-hydrogen) atoms. The molecule has 1 aromatic carbocycles. The number of rotatable bonds is 2. The number of hydrogen-bond acceptors (Lipinski definition) is 5. The van der Waals surface area contributed by atoms with Crippen molar-refractivity contribution in [3.8, 4) is 5.75 Å². The maximum Gasteiger partial charge on any atom is 0.271 e. The number of amidine groups is 1. The van der Waals surface area contributed by atoms with E-state index in [4.69, 9.17) is 10.5 Å². The van der Waals surface area contributed by atoms with Gasteiger partial charge in [-0.05, 0) is 31.6 Å². The molecule has 0 bridgehead atoms. The van der Waals surface area contributed by atoms with E-state index in [1.807, 2.05) is 13.8 Å². The van der Waals surface area contributed by atoms with E-state index in [-0.39, 0.29) is 11.6 Å². The van der Waals surface area contributed by atoms with Crippen LogP contribution < -0.4 is 15.8 Å². The molecule has 0 spiro atoms. The van der Waals surface area contributed by atoms with Gasteiger partial charge >= 0.3 is 0 Å². The number of benzene rings is 1. The van der Waals surface area contributed by atoms with Gasteiger partial charge in [0.1, 0.15) is 5.75 Å². The van der Waals surface area contributed by atoms with Crippen molar-refractivity contribution in [3.63, 3.8) is 0 Å². The van der Waals surface area contributed by atoms with Crippen LogP contribution in [-0.4, -0.2) is 24.6 Å². The highest BCUT2D eigenvalue weighted by Crippen LogP contribution is 2.35. The van der Waals surface area contributed by atoms with E-state index < -0.39 is 5.91 Å². The topological polar surface area (TPSA) is 93.8 Å². The lowest BCUT2D eigenvalue weighted by Crippen LogP contribution is -2.26. The third-order valence-electron chi connectivity index (χ3n) is 3.06. The zero-order chi connectivity index (χ0) is 14.9. The minimum atomic E-state index is -0.477. The summed E-state index contributed by atoms with van der Waals surface area (Å²) >= 11 is 0. The second-order valence-corrected chi connectivity index (χ2v) is 4.43. The lowest BCUT2D eigenvalue weighted by atomic mass is 10.1. The van der Waals surface area contributed by atoms with Crippen LogP contribution in [0.15, 0.2) is 23.2 Å². The minimum absolute atomic E-state index is 0.0284. The van der Waals surface area contributed by atoms with Gasteiger partial charge in [-0.15, -0.1) is 0 Å². The van der Waals surface area contributed by atoms with E-state index in [2.05, 4.69) is 10.3 Å². The summed E-state index contributed by atoms with van der Waals surface area (Å²) in [6.07, 6.45) is 2.31. The molecule has 0 radical (unpaired) electrons. The van der Waals surface area contributed by atoms with Crippen molar-refractivity contribution in [1.29, 1.82) is 0 Å². The summed E-state index contributed by atoms with van der Waals surface area (Å²) in [5.41, 5.74) is 8.72. The first kappa shape index (κ1) is 13.8. The highest BCUT2D eigenvalue weighted by molar-refractivity contribution is 6.50. The van der Waals surface area contributed by atoms with E-state index in [0.717, 1.165) is 17.2 Å². The Morgan fingerprint density at radius 1 is 1.25 bits per heavy atom. The lowest BCUT2D eigenvalue weighted by molar-refractivity contribution is -0.115. The lowest BCUT2D eigenvalue weighted by Gasteiger charge is -2.17. The van der Waals surface area contributed by atoms with E-state index in [1.54, 1.807) is 6.07 Å². The molecule has 104 valence electrons. The van der Waals surface area contributed by atoms with Crippen LogP contribution in [0.2, 0.25) is 0 Å². The molecule has 3 N–H and O–H groups in total. The van der Waals surface area contributed by atoms with E-state index >= 15 is 0 Å². The summed E-state index contributed by atoms with van der Waals surface area (Å²) in [6.45, 7) is 3.67. The summed E-state index contributed by atoms with van der Waals surface area (Å²) in [6, 6.07) is 1.75. The first-order valence-electron chi connectivity index (χ1n) is 5.99. The minimum Gasteiger partial charge on any atom is -0.494 e. The number of ketones is 1. The summed E-state index contributed by atoms with van der Waals surface area (Å²) < 4.78 is 5.30. The van der Waals surface area contributed by atoms with Crippen molar-refractivity contribution >= 4 is 28.9 Å². The summed E-state index contributed by atoms with van der Waals surface area (Å²) in [7, 11) is 1.51. The SMILES string of the molecule is COc1c(NC2=NC(=O)C=CC2=O)cc(C)c(N)c1C. The van der Waals surface area contributed by atoms with Crippen LogP contribution in [0.1, 0.15) is 11.1 Å². The van der Waals surface area contributed by atoms with Gasteiger partial charge in [0.15, 0.2) is 5.84 Å². The summed E-state index contributed by atoms with van der Waals surface area (Å²) in [4.78, 5) is 26.6. The number of nitrogens with two attached hydrogens (primary N) is 1. The molecular formula is C14H15N3O3. The number of dihydropyridines is 1. The molecule has 0 saturated heterocycles. The maximum atomic E-state index is 11.7. The molecule has 2 rings (SSSR count). The number of carbonyl (C=O) groups excluding carboxylic acids is 2. The fourth-order valence-electron chi connectivity index (χ4n) is 1.98. The first-order chi connectivity index (χ1) is 9.43. The first-order valence-corrected chi connectivity index (χ1v) is 5.99. The van der Waals surface area contributed by atoms with Crippen molar-refractivity contribution in [2.45, 2.75) is 13.8 Å². The van der Waals surface area contributed by atoms with Crippen molar-refractivity contribution in [1.82, 2.24) is 0 Å². The molecule has 0 unspecified atom stereocenters. The molecule has 0 saturated carbocycles. The standard InChI is InChI=1S/C14H15N3O3/c1-7-6-9(13(20-3)8(2)12(7)15)16-14-10(18)4-5-11(19)17-14/h4-6H,15H2,1-3H3,(H,16,17,19). The highest BCUT2D eigenvalue weighted by atomic mass is 16.5. The Hall–Kier alpha value is -2.63. The van der Waals surface area contributed by atoms with Gasteiger partial charge in [0.25, 0.3) is 5.91 Å². The Morgan fingerprint density at radius 3 is 2.60 bits per heavy atom. The van der Waals surface area contributed by atoms with Crippen molar-refractivity contribution in [2.75, 3.05) is 18.2 Å². The van der Waals surface area contributed by atoms with Gasteiger partial charge < -0.3 is 15.8 Å². The average Bonchev–Trinajstić information content (AvgIpc) is 2.41. The highest BCUT2D eigenvalue weighted by Gasteiger charge is 2.19. The van der Waals surface area contributed by atoms with Crippen LogP contribution >= 0.6 is 0 Å². The van der Waals surface area contributed by atoms with Gasteiger partial charge in [0.2, 0.25) is 5.78 Å². The molecule has 0 atom stereocenters. The molecule has 1 aliphatic heterocycles. The van der Waals surface area contributed by atoms with Crippen molar-refractivity contribution in [3.05, 3.63) is 29.3 Å². The normalized spacial score (nSPS) is 14.2. The maximum absolute atomic E-state index is 11.7. The Morgan fingerprint density at radius 2 is 1.95 bits per heavy atom. The van der Waals surface area contributed by atoms with Gasteiger partial charge in [-0.2, -0.15) is 4.99 Å². The molecule has 6 nitrogen and oxygen atoms in total. The van der Waals surface area contributed by atoms with Crippen LogP contribution in [0, 0.1) is 13.8 Å². The number of ether oxygens (including phenoxy) is 1. The van der Waals surface area contributed by atoms with Gasteiger partial charge in [0.05, 0.1) is 12.8 Å². The Kier molecular flexibility index (Phi) is 3.56. The molecule has 0 aromatic heterocycles. The van der Waals surface area contributed by atoms with Crippen molar-refractivity contribution in [2.24, 2.45) is 4.99 Å². The molecule has 6 heteroatoms. The van der Waals surface area contributed by atoms with Crippen LogP contribution in [-0.2, 0) is 9.59 Å². The average molecular weight is 273 g/mol. The second-order valence-electron chi connectivity index (χ2n) is 4.43. The van der Waals surface area contributed by atoms with Gasteiger partial charge in [-0.3, -0.25) is 9.59 Å². The Balaban J connectivity index is 2.44. The number of aryl methyl sites for hydroxylation is 1. The van der Waals surface area contributed by atoms with E-state index in [9.17, 15) is 9.59 Å². The molecule has 1 heterocycles. The number of aliphatic imine (C=N–C) groups is 1. The zero-order valence-electron chi connectivity index (χ0n) is 11.5. The monoisotopic (exact) mass is 273 g/mol. The van der Waals surface area contributed by atoms with Gasteiger partial charge in [-0.25, -0.2) is 0 Å². The number of hydrogen-bond donors (Lipinski definition) is 2. The molecule has 0 aliphatic carbocycles. The molecule has 1 aliphatic rings. The predicted molar refractivity (Wildman–Crippen MR) is 77.1 cm³/mol. The van der Waals surface area contributed by atoms with Gasteiger partial charge in [0, 0.05) is 17.3 Å². The fourth-order valence-corrected chi connectivity index (χ4v) is 1.98. The van der Waals surface area contributed by atoms with Crippen LogP contribution in [0.4, 0.5) is 11.4 Å². The fraction of sp³-hybridized carbons (Fsp3) is 0.214.